The molecule has 0 aliphatic rings. The van der Waals surface area contributed by atoms with Gasteiger partial charge in [0.05, 0.1) is 13.7 Å². The van der Waals surface area contributed by atoms with Gasteiger partial charge in [-0.25, -0.2) is 4.39 Å². The van der Waals surface area contributed by atoms with E-state index in [1.165, 1.54) is 26.2 Å². The fourth-order valence-corrected chi connectivity index (χ4v) is 2.23. The first-order valence-electron chi connectivity index (χ1n) is 7.59. The van der Waals surface area contributed by atoms with Gasteiger partial charge in [-0.3, -0.25) is 9.59 Å². The normalized spacial score (nSPS) is 10.2. The standard InChI is InChI=1S/C18H19FN2O4/c1-4-25-16-9-11(5-6-15(16)24-3)18(23)21-14-8-12(17(20)22)7-13(19)10(14)2/h5-9H,4H2,1-3H3,(H2,20,22)(H,21,23). The Morgan fingerprint density at radius 2 is 1.88 bits per heavy atom. The largest absolute Gasteiger partial charge is 0.493 e. The molecule has 0 saturated heterocycles. The number of anilines is 1. The topological polar surface area (TPSA) is 90.6 Å². The molecule has 2 rings (SSSR count). The van der Waals surface area contributed by atoms with E-state index in [0.29, 0.717) is 23.7 Å². The highest BCUT2D eigenvalue weighted by molar-refractivity contribution is 6.06. The lowest BCUT2D eigenvalue weighted by Crippen LogP contribution is -2.16. The van der Waals surface area contributed by atoms with Crippen molar-refractivity contribution in [3.05, 3.63) is 52.8 Å². The lowest BCUT2D eigenvalue weighted by molar-refractivity contribution is 0.0995. The zero-order valence-corrected chi connectivity index (χ0v) is 14.2. The van der Waals surface area contributed by atoms with Gasteiger partial charge in [-0.05, 0) is 44.2 Å². The van der Waals surface area contributed by atoms with Crippen molar-refractivity contribution in [3.63, 3.8) is 0 Å². The van der Waals surface area contributed by atoms with Gasteiger partial charge in [-0.1, -0.05) is 0 Å². The van der Waals surface area contributed by atoms with Crippen molar-refractivity contribution < 1.29 is 23.5 Å². The molecule has 2 amide bonds. The van der Waals surface area contributed by atoms with E-state index in [1.807, 2.05) is 6.92 Å². The third-order valence-electron chi connectivity index (χ3n) is 3.60. The van der Waals surface area contributed by atoms with Crippen LogP contribution in [0.3, 0.4) is 0 Å². The maximum Gasteiger partial charge on any atom is 0.255 e. The van der Waals surface area contributed by atoms with Crippen LogP contribution < -0.4 is 20.5 Å². The molecule has 2 aromatic rings. The van der Waals surface area contributed by atoms with E-state index in [-0.39, 0.29) is 16.8 Å². The minimum absolute atomic E-state index is 0.0249. The monoisotopic (exact) mass is 346 g/mol. The highest BCUT2D eigenvalue weighted by atomic mass is 19.1. The summed E-state index contributed by atoms with van der Waals surface area (Å²) in [6, 6.07) is 7.06. The first-order valence-corrected chi connectivity index (χ1v) is 7.59. The Balaban J connectivity index is 2.34. The Labute approximate surface area is 144 Å². The molecule has 132 valence electrons. The van der Waals surface area contributed by atoms with Crippen molar-refractivity contribution in [2.45, 2.75) is 13.8 Å². The number of hydrogen-bond acceptors (Lipinski definition) is 4. The number of primary amides is 1. The number of halogens is 1. The molecule has 0 heterocycles. The lowest BCUT2D eigenvalue weighted by atomic mass is 10.1. The molecule has 0 aliphatic heterocycles. The number of nitrogens with two attached hydrogens (primary N) is 1. The van der Waals surface area contributed by atoms with Crippen LogP contribution >= 0.6 is 0 Å². The molecule has 0 radical (unpaired) electrons. The third kappa shape index (κ3) is 4.06. The van der Waals surface area contributed by atoms with Gasteiger partial charge in [0.2, 0.25) is 5.91 Å². The maximum atomic E-state index is 13.9. The van der Waals surface area contributed by atoms with Crippen LogP contribution in [0.5, 0.6) is 11.5 Å². The summed E-state index contributed by atoms with van der Waals surface area (Å²) in [4.78, 5) is 23.7. The molecule has 7 heteroatoms. The molecule has 0 aromatic heterocycles. The van der Waals surface area contributed by atoms with Crippen LogP contribution in [0.15, 0.2) is 30.3 Å². The molecule has 0 unspecified atom stereocenters. The number of carbonyl (C=O) groups excluding carboxylic acids is 2. The van der Waals surface area contributed by atoms with Gasteiger partial charge >= 0.3 is 0 Å². The quantitative estimate of drug-likeness (QED) is 0.841. The Bertz CT molecular complexity index is 821. The number of methoxy groups -OCH3 is 1. The summed E-state index contributed by atoms with van der Waals surface area (Å²) in [5.74, 6) is -0.968. The first kappa shape index (κ1) is 18.3. The van der Waals surface area contributed by atoms with Crippen molar-refractivity contribution in [3.8, 4) is 11.5 Å². The van der Waals surface area contributed by atoms with Gasteiger partial charge in [0, 0.05) is 22.4 Å². The Hall–Kier alpha value is -3.09. The molecule has 0 fully saturated rings. The number of carbonyl (C=O) groups is 2. The zero-order chi connectivity index (χ0) is 18.6. The van der Waals surface area contributed by atoms with Gasteiger partial charge in [-0.15, -0.1) is 0 Å². The van der Waals surface area contributed by atoms with Gasteiger partial charge in [0.25, 0.3) is 5.91 Å². The fraction of sp³-hybridized carbons (Fsp3) is 0.222. The molecular weight excluding hydrogens is 327 g/mol. The molecule has 0 saturated carbocycles. The van der Waals surface area contributed by atoms with Gasteiger partial charge in [-0.2, -0.15) is 0 Å². The highest BCUT2D eigenvalue weighted by Crippen LogP contribution is 2.29. The van der Waals surface area contributed by atoms with Crippen LogP contribution in [0.1, 0.15) is 33.2 Å². The van der Waals surface area contributed by atoms with Crippen LogP contribution in [-0.2, 0) is 0 Å². The average molecular weight is 346 g/mol. The molecule has 25 heavy (non-hydrogen) atoms. The number of nitrogens with one attached hydrogen (secondary N) is 1. The Kier molecular flexibility index (Phi) is 5.59. The van der Waals surface area contributed by atoms with Crippen LogP contribution in [0.25, 0.3) is 0 Å². The third-order valence-corrected chi connectivity index (χ3v) is 3.60. The summed E-state index contributed by atoms with van der Waals surface area (Å²) >= 11 is 0. The second kappa shape index (κ2) is 7.65. The van der Waals surface area contributed by atoms with Gasteiger partial charge in [0.15, 0.2) is 11.5 Å². The summed E-state index contributed by atoms with van der Waals surface area (Å²) in [6.45, 7) is 3.72. The molecule has 6 nitrogen and oxygen atoms in total. The Morgan fingerprint density at radius 1 is 1.16 bits per heavy atom. The summed E-state index contributed by atoms with van der Waals surface area (Å²) in [7, 11) is 1.50. The summed E-state index contributed by atoms with van der Waals surface area (Å²) < 4.78 is 24.5. The fourth-order valence-electron chi connectivity index (χ4n) is 2.23. The minimum atomic E-state index is -0.780. The van der Waals surface area contributed by atoms with E-state index in [2.05, 4.69) is 5.32 Å². The van der Waals surface area contributed by atoms with E-state index >= 15 is 0 Å². The summed E-state index contributed by atoms with van der Waals surface area (Å²) in [5.41, 5.74) is 5.83. The van der Waals surface area contributed by atoms with Crippen LogP contribution in [0, 0.1) is 12.7 Å². The second-order valence-corrected chi connectivity index (χ2v) is 5.25. The first-order chi connectivity index (χ1) is 11.9. The smallest absolute Gasteiger partial charge is 0.255 e. The SMILES string of the molecule is CCOc1cc(C(=O)Nc2cc(C(N)=O)cc(F)c2C)ccc1OC. The van der Waals surface area contributed by atoms with Crippen LogP contribution in [0.2, 0.25) is 0 Å². The molecular formula is C18H19FN2O4. The molecule has 2 aromatic carbocycles. The highest BCUT2D eigenvalue weighted by Gasteiger charge is 2.15. The van der Waals surface area contributed by atoms with E-state index in [9.17, 15) is 14.0 Å². The second-order valence-electron chi connectivity index (χ2n) is 5.25. The van der Waals surface area contributed by atoms with E-state index in [4.69, 9.17) is 15.2 Å². The predicted molar refractivity (Wildman–Crippen MR) is 91.8 cm³/mol. The molecule has 0 spiro atoms. The van der Waals surface area contributed by atoms with Crippen molar-refractivity contribution in [1.29, 1.82) is 0 Å². The molecule has 0 bridgehead atoms. The number of rotatable bonds is 6. The zero-order valence-electron chi connectivity index (χ0n) is 14.2. The van der Waals surface area contributed by atoms with Crippen LogP contribution in [-0.4, -0.2) is 25.5 Å². The molecule has 0 aliphatic carbocycles. The number of ether oxygens (including phenoxy) is 2. The van der Waals surface area contributed by atoms with Crippen molar-refractivity contribution >= 4 is 17.5 Å². The number of hydrogen-bond donors (Lipinski definition) is 2. The average Bonchev–Trinajstić information content (AvgIpc) is 2.58. The van der Waals surface area contributed by atoms with Crippen molar-refractivity contribution in [1.82, 2.24) is 0 Å². The molecule has 3 N–H and O–H groups in total. The minimum Gasteiger partial charge on any atom is -0.493 e. The van der Waals surface area contributed by atoms with E-state index in [1.54, 1.807) is 12.1 Å². The van der Waals surface area contributed by atoms with Crippen molar-refractivity contribution in [2.24, 2.45) is 5.73 Å². The predicted octanol–water partition coefficient (Wildman–Crippen LogP) is 2.89. The Morgan fingerprint density at radius 3 is 2.48 bits per heavy atom. The maximum absolute atomic E-state index is 13.9. The van der Waals surface area contributed by atoms with Crippen LogP contribution in [0.4, 0.5) is 10.1 Å². The number of benzene rings is 2. The van der Waals surface area contributed by atoms with Crippen molar-refractivity contribution in [2.75, 3.05) is 19.0 Å². The van der Waals surface area contributed by atoms with E-state index < -0.39 is 17.6 Å². The summed E-state index contributed by atoms with van der Waals surface area (Å²) in [6.07, 6.45) is 0. The van der Waals surface area contributed by atoms with Gasteiger partial charge < -0.3 is 20.5 Å². The summed E-state index contributed by atoms with van der Waals surface area (Å²) in [5, 5.41) is 2.59. The van der Waals surface area contributed by atoms with E-state index in [0.717, 1.165) is 6.07 Å². The number of amides is 2. The lowest BCUT2D eigenvalue weighted by Gasteiger charge is -2.13. The molecule has 0 atom stereocenters. The van der Waals surface area contributed by atoms with Gasteiger partial charge in [0.1, 0.15) is 5.82 Å².